The molecule has 1 rings (SSSR count). The van der Waals surface area contributed by atoms with Crippen molar-refractivity contribution in [2.45, 2.75) is 58.6 Å². The molecule has 0 fully saturated rings. The molecular formula is C14H26N2O2Si. The summed E-state index contributed by atoms with van der Waals surface area (Å²) in [7, 11) is -1.07. The van der Waals surface area contributed by atoms with Crippen molar-refractivity contribution in [3.8, 4) is 0 Å². The van der Waals surface area contributed by atoms with Crippen molar-refractivity contribution in [2.75, 3.05) is 6.61 Å². The maximum atomic E-state index is 11.0. The van der Waals surface area contributed by atoms with Crippen LogP contribution in [-0.2, 0) is 16.9 Å². The summed E-state index contributed by atoms with van der Waals surface area (Å²) < 4.78 is 7.60. The molecule has 19 heavy (non-hydrogen) atoms. The van der Waals surface area contributed by atoms with E-state index in [9.17, 15) is 4.79 Å². The largest absolute Gasteiger partial charge is 0.361 e. The molecule has 1 heterocycles. The first kappa shape index (κ1) is 16.1. The van der Waals surface area contributed by atoms with Crippen LogP contribution < -0.4 is 0 Å². The highest BCUT2D eigenvalue weighted by molar-refractivity contribution is 6.76. The summed E-state index contributed by atoms with van der Waals surface area (Å²) in [6, 6.07) is 1.13. The third-order valence-corrected chi connectivity index (χ3v) is 4.68. The van der Waals surface area contributed by atoms with Crippen LogP contribution in [0.3, 0.4) is 0 Å². The average molecular weight is 282 g/mol. The quantitative estimate of drug-likeness (QED) is 0.457. The van der Waals surface area contributed by atoms with Crippen molar-refractivity contribution in [3.05, 3.63) is 17.7 Å². The van der Waals surface area contributed by atoms with E-state index in [2.05, 4.69) is 45.4 Å². The van der Waals surface area contributed by atoms with E-state index in [0.29, 0.717) is 12.6 Å². The lowest BCUT2D eigenvalue weighted by Gasteiger charge is -2.22. The van der Waals surface area contributed by atoms with Crippen molar-refractivity contribution in [3.63, 3.8) is 0 Å². The fourth-order valence-electron chi connectivity index (χ4n) is 1.75. The van der Waals surface area contributed by atoms with Crippen LogP contribution in [0.1, 0.15) is 37.1 Å². The summed E-state index contributed by atoms with van der Waals surface area (Å²) in [5.41, 5.74) is 0.985. The Morgan fingerprint density at radius 3 is 2.47 bits per heavy atom. The predicted octanol–water partition coefficient (Wildman–Crippen LogP) is 3.31. The Bertz CT molecular complexity index is 428. The van der Waals surface area contributed by atoms with E-state index in [-0.39, 0.29) is 5.41 Å². The first-order chi connectivity index (χ1) is 8.65. The molecule has 4 nitrogen and oxygen atoms in total. The molecular weight excluding hydrogens is 256 g/mol. The molecule has 0 aliphatic rings. The van der Waals surface area contributed by atoms with E-state index in [1.165, 1.54) is 0 Å². The Labute approximate surface area is 117 Å². The Hall–Kier alpha value is -0.943. The highest BCUT2D eigenvalue weighted by Crippen LogP contribution is 2.23. The fraction of sp³-hybridized carbons (Fsp3) is 0.714. The number of nitrogens with zero attached hydrogens (tertiary/aromatic N) is 2. The number of imidazole rings is 1. The van der Waals surface area contributed by atoms with E-state index >= 15 is 0 Å². The lowest BCUT2D eigenvalue weighted by Crippen LogP contribution is -2.23. The van der Waals surface area contributed by atoms with Gasteiger partial charge in [-0.25, -0.2) is 4.98 Å². The van der Waals surface area contributed by atoms with E-state index in [0.717, 1.165) is 24.6 Å². The highest BCUT2D eigenvalue weighted by atomic mass is 28.3. The second-order valence-electron chi connectivity index (χ2n) is 7.15. The van der Waals surface area contributed by atoms with Crippen LogP contribution in [-0.4, -0.2) is 30.5 Å². The van der Waals surface area contributed by atoms with Gasteiger partial charge < -0.3 is 9.30 Å². The van der Waals surface area contributed by atoms with Gasteiger partial charge in [-0.1, -0.05) is 40.4 Å². The number of hydrogen-bond acceptors (Lipinski definition) is 3. The van der Waals surface area contributed by atoms with Gasteiger partial charge in [0.2, 0.25) is 0 Å². The van der Waals surface area contributed by atoms with E-state index < -0.39 is 8.07 Å². The average Bonchev–Trinajstić information content (AvgIpc) is 2.65. The minimum atomic E-state index is -1.07. The third kappa shape index (κ3) is 4.91. The number of carbonyl (C=O) groups excluding carboxylic acids is 1. The molecule has 0 bridgehead atoms. The predicted molar refractivity (Wildman–Crippen MR) is 80.4 cm³/mol. The van der Waals surface area contributed by atoms with Crippen LogP contribution in [0.5, 0.6) is 0 Å². The standard InChI is InChI=1S/C14H26N2O2Si/c1-14(2,3)12-9-15-13(10-17)16(12)11-18-7-8-19(4,5)6/h9-10H,7-8,11H2,1-6H3. The van der Waals surface area contributed by atoms with Gasteiger partial charge in [-0.05, 0) is 6.04 Å². The second-order valence-corrected chi connectivity index (χ2v) is 12.8. The molecule has 0 unspecified atom stereocenters. The van der Waals surface area contributed by atoms with Gasteiger partial charge in [0.05, 0.1) is 0 Å². The first-order valence-corrected chi connectivity index (χ1v) is 10.4. The lowest BCUT2D eigenvalue weighted by molar-refractivity contribution is 0.0798. The number of hydrogen-bond donors (Lipinski definition) is 0. The minimum Gasteiger partial charge on any atom is -0.361 e. The first-order valence-electron chi connectivity index (χ1n) is 6.74. The van der Waals surface area contributed by atoms with E-state index in [4.69, 9.17) is 4.74 Å². The molecule has 0 aromatic carbocycles. The Kier molecular flexibility index (Phi) is 5.09. The number of aldehydes is 1. The van der Waals surface area contributed by atoms with Crippen molar-refractivity contribution < 1.29 is 9.53 Å². The zero-order valence-electron chi connectivity index (χ0n) is 13.0. The zero-order chi connectivity index (χ0) is 14.7. The fourth-order valence-corrected chi connectivity index (χ4v) is 2.51. The smallest absolute Gasteiger partial charge is 0.185 e. The number of rotatable bonds is 6. The molecule has 1 aromatic rings. The lowest BCUT2D eigenvalue weighted by atomic mass is 9.93. The van der Waals surface area contributed by atoms with Crippen LogP contribution in [0.15, 0.2) is 6.20 Å². The summed E-state index contributed by atoms with van der Waals surface area (Å²) >= 11 is 0. The van der Waals surface area contributed by atoms with Gasteiger partial charge in [0.15, 0.2) is 12.1 Å². The van der Waals surface area contributed by atoms with Crippen LogP contribution >= 0.6 is 0 Å². The molecule has 0 amide bonds. The number of ether oxygens (including phenoxy) is 1. The molecule has 0 aliphatic heterocycles. The number of carbonyl (C=O) groups is 1. The van der Waals surface area contributed by atoms with E-state index in [1.54, 1.807) is 6.20 Å². The molecule has 1 aromatic heterocycles. The van der Waals surface area contributed by atoms with Gasteiger partial charge in [0, 0.05) is 32.0 Å². The van der Waals surface area contributed by atoms with Crippen molar-refractivity contribution in [2.24, 2.45) is 0 Å². The van der Waals surface area contributed by atoms with Crippen LogP contribution in [0, 0.1) is 0 Å². The molecule has 5 heteroatoms. The zero-order valence-corrected chi connectivity index (χ0v) is 14.0. The van der Waals surface area contributed by atoms with Gasteiger partial charge in [-0.15, -0.1) is 0 Å². The van der Waals surface area contributed by atoms with Gasteiger partial charge in [0.25, 0.3) is 0 Å². The molecule has 108 valence electrons. The van der Waals surface area contributed by atoms with Gasteiger partial charge in [-0.2, -0.15) is 0 Å². The van der Waals surface area contributed by atoms with E-state index in [1.807, 2.05) is 4.57 Å². The Morgan fingerprint density at radius 1 is 1.37 bits per heavy atom. The van der Waals surface area contributed by atoms with Crippen LogP contribution in [0.2, 0.25) is 25.7 Å². The van der Waals surface area contributed by atoms with Crippen LogP contribution in [0.4, 0.5) is 0 Å². The van der Waals surface area contributed by atoms with Gasteiger partial charge >= 0.3 is 0 Å². The van der Waals surface area contributed by atoms with Crippen molar-refractivity contribution in [1.82, 2.24) is 9.55 Å². The molecule has 0 atom stereocenters. The number of aromatic nitrogens is 2. The molecule has 0 saturated carbocycles. The third-order valence-electron chi connectivity index (χ3n) is 2.98. The summed E-state index contributed by atoms with van der Waals surface area (Å²) in [6.45, 7) is 14.5. The second kappa shape index (κ2) is 6.01. The monoisotopic (exact) mass is 282 g/mol. The molecule has 0 N–H and O–H groups in total. The van der Waals surface area contributed by atoms with Gasteiger partial charge in [-0.3, -0.25) is 4.79 Å². The maximum Gasteiger partial charge on any atom is 0.185 e. The topological polar surface area (TPSA) is 44.1 Å². The normalized spacial score (nSPS) is 12.7. The molecule has 0 spiro atoms. The maximum absolute atomic E-state index is 11.0. The molecule has 0 radical (unpaired) electrons. The Balaban J connectivity index is 2.71. The summed E-state index contributed by atoms with van der Waals surface area (Å²) in [5, 5.41) is 0. The SMILES string of the molecule is CC(C)(C)c1cnc(C=O)n1COCC[Si](C)(C)C. The molecule has 0 aliphatic carbocycles. The summed E-state index contributed by atoms with van der Waals surface area (Å²) in [4.78, 5) is 15.2. The van der Waals surface area contributed by atoms with Crippen LogP contribution in [0.25, 0.3) is 0 Å². The Morgan fingerprint density at radius 2 is 2.00 bits per heavy atom. The minimum absolute atomic E-state index is 0.0452. The van der Waals surface area contributed by atoms with Crippen molar-refractivity contribution in [1.29, 1.82) is 0 Å². The summed E-state index contributed by atoms with van der Waals surface area (Å²) in [5.74, 6) is 0.443. The summed E-state index contributed by atoms with van der Waals surface area (Å²) in [6.07, 6.45) is 2.56. The van der Waals surface area contributed by atoms with Crippen molar-refractivity contribution >= 4 is 14.4 Å². The highest BCUT2D eigenvalue weighted by Gasteiger charge is 2.21. The van der Waals surface area contributed by atoms with Gasteiger partial charge in [0.1, 0.15) is 6.73 Å². The molecule has 0 saturated heterocycles.